The van der Waals surface area contributed by atoms with E-state index in [-0.39, 0.29) is 10.2 Å². The number of hydrogen-bond acceptors (Lipinski definition) is 6. The molecule has 0 atom stereocenters. The van der Waals surface area contributed by atoms with Crippen LogP contribution in [0.4, 0.5) is 0 Å². The quantitative estimate of drug-likeness (QED) is 0.421. The number of hydrogen-bond donors (Lipinski definition) is 0. The van der Waals surface area contributed by atoms with E-state index in [1.54, 1.807) is 0 Å². The molecule has 0 rings (SSSR count). The summed E-state index contributed by atoms with van der Waals surface area (Å²) in [5, 5.41) is 0. The highest BCUT2D eigenvalue weighted by atomic mass is 32.3. The van der Waals surface area contributed by atoms with Gasteiger partial charge in [-0.25, -0.2) is 0 Å². The molecule has 0 unspecified atom stereocenters. The molecule has 0 aliphatic rings. The minimum Gasteiger partial charge on any atom is -0.272 e. The van der Waals surface area contributed by atoms with Crippen LogP contribution in [-0.2, 0) is 28.6 Å². The van der Waals surface area contributed by atoms with Gasteiger partial charge in [0, 0.05) is 0 Å². The van der Waals surface area contributed by atoms with Crippen LogP contribution in [0.1, 0.15) is 6.92 Å². The lowest BCUT2D eigenvalue weighted by molar-refractivity contribution is 0.371. The van der Waals surface area contributed by atoms with E-state index in [0.29, 0.717) is 0 Å². The van der Waals surface area contributed by atoms with Gasteiger partial charge in [-0.15, -0.1) is 0 Å². The Morgan fingerprint density at radius 2 is 1.23 bits per heavy atom. The fourth-order valence-corrected chi connectivity index (χ4v) is 3.74. The Labute approximate surface area is 80.9 Å². The molecule has 0 heterocycles. The summed E-state index contributed by atoms with van der Waals surface area (Å²) in [6, 6.07) is 0. The Morgan fingerprint density at radius 3 is 1.38 bits per heavy atom. The van der Waals surface area contributed by atoms with Crippen LogP contribution < -0.4 is 0 Å². The van der Waals surface area contributed by atoms with Gasteiger partial charge in [-0.1, -0.05) is 0 Å². The Balaban J connectivity index is 5.49. The smallest absolute Gasteiger partial charge is 0.272 e. The molecule has 0 aromatic carbocycles. The van der Waals surface area contributed by atoms with E-state index < -0.39 is 23.9 Å². The average molecular weight is 248 g/mol. The van der Waals surface area contributed by atoms with Crippen LogP contribution >= 0.6 is 0 Å². The van der Waals surface area contributed by atoms with Crippen molar-refractivity contribution in [2.24, 2.45) is 0 Å². The van der Waals surface area contributed by atoms with Gasteiger partial charge >= 0.3 is 0 Å². The topological polar surface area (TPSA) is 86.7 Å². The minimum atomic E-state index is -4.12. The highest BCUT2D eigenvalue weighted by molar-refractivity contribution is 8.07. The first kappa shape index (κ1) is 13.0. The zero-order chi connectivity index (χ0) is 10.9. The van der Waals surface area contributed by atoms with Crippen LogP contribution in [0.2, 0.25) is 0 Å². The maximum Gasteiger partial charge on any atom is 0.285 e. The second-order valence-electron chi connectivity index (χ2n) is 2.64. The molecule has 0 spiro atoms. The van der Waals surface area contributed by atoms with Gasteiger partial charge in [-0.3, -0.25) is 8.37 Å². The van der Waals surface area contributed by atoms with Crippen molar-refractivity contribution in [1.82, 2.24) is 0 Å². The lowest BCUT2D eigenvalue weighted by Crippen LogP contribution is -2.45. The fraction of sp³-hybridized carbons (Fsp3) is 1.00. The van der Waals surface area contributed by atoms with Crippen molar-refractivity contribution in [2.45, 2.75) is 10.6 Å². The van der Waals surface area contributed by atoms with Gasteiger partial charge < -0.3 is 0 Å². The molecule has 6 nitrogen and oxygen atoms in total. The third-order valence-corrected chi connectivity index (χ3v) is 9.15. The molecule has 0 aliphatic heterocycles. The Kier molecular flexibility index (Phi) is 3.66. The summed E-state index contributed by atoms with van der Waals surface area (Å²) >= 11 is 0. The van der Waals surface area contributed by atoms with E-state index in [4.69, 9.17) is 0 Å². The summed E-state index contributed by atoms with van der Waals surface area (Å²) in [6.45, 7) is 1.05. The molecule has 80 valence electrons. The molecule has 9 heteroatoms. The average Bonchev–Trinajstić information content (AvgIpc) is 2.03. The molecule has 0 aromatic rings. The first-order valence-corrected chi connectivity index (χ1v) is 7.04. The molecular formula is C4H12O6S2Si. The van der Waals surface area contributed by atoms with Crippen molar-refractivity contribution < 1.29 is 25.2 Å². The lowest BCUT2D eigenvalue weighted by Gasteiger charge is -2.21. The van der Waals surface area contributed by atoms with Gasteiger partial charge in [0.05, 0.1) is 24.5 Å². The SMILES string of the molecule is COS(=O)(=O)C(C)([SiH3])S(=O)(=O)OC. The molecule has 0 saturated carbocycles. The Morgan fingerprint density at radius 1 is 1.00 bits per heavy atom. The predicted octanol–water partition coefficient (Wildman–Crippen LogP) is -2.02. The molecule has 13 heavy (non-hydrogen) atoms. The van der Waals surface area contributed by atoms with Crippen molar-refractivity contribution >= 4 is 30.5 Å². The van der Waals surface area contributed by atoms with E-state index in [1.165, 1.54) is 0 Å². The minimum absolute atomic E-state index is 0.142. The van der Waals surface area contributed by atoms with Crippen LogP contribution in [0.25, 0.3) is 0 Å². The fourth-order valence-electron chi connectivity index (χ4n) is 0.526. The molecule has 0 amide bonds. The van der Waals surface area contributed by atoms with Crippen LogP contribution in [0.5, 0.6) is 0 Å². The van der Waals surface area contributed by atoms with Crippen LogP contribution in [0.15, 0.2) is 0 Å². The standard InChI is InChI=1S/C4H12O6S2Si/c1-4(13,11(5,6)9-2)12(7,8)10-3/h1-3,13H3. The zero-order valence-electron chi connectivity index (χ0n) is 7.77. The molecule has 0 aromatic heterocycles. The van der Waals surface area contributed by atoms with Crippen molar-refractivity contribution in [2.75, 3.05) is 14.2 Å². The summed E-state index contributed by atoms with van der Waals surface area (Å²) in [4.78, 5) is 0. The second kappa shape index (κ2) is 3.65. The molecule has 0 aliphatic carbocycles. The van der Waals surface area contributed by atoms with Crippen molar-refractivity contribution in [3.8, 4) is 0 Å². The van der Waals surface area contributed by atoms with Crippen molar-refractivity contribution in [3.63, 3.8) is 0 Å². The van der Waals surface area contributed by atoms with Crippen LogP contribution in [0.3, 0.4) is 0 Å². The van der Waals surface area contributed by atoms with E-state index in [2.05, 4.69) is 8.37 Å². The lowest BCUT2D eigenvalue weighted by atomic mass is 10.9. The largest absolute Gasteiger partial charge is 0.285 e. The van der Waals surface area contributed by atoms with E-state index in [1.807, 2.05) is 0 Å². The van der Waals surface area contributed by atoms with E-state index >= 15 is 0 Å². The maximum absolute atomic E-state index is 11.2. The van der Waals surface area contributed by atoms with Gasteiger partial charge in [-0.2, -0.15) is 16.8 Å². The normalized spacial score (nSPS) is 14.7. The predicted molar refractivity (Wildman–Crippen MR) is 50.2 cm³/mol. The molecular weight excluding hydrogens is 236 g/mol. The first-order valence-electron chi connectivity index (χ1n) is 3.22. The molecule has 0 radical (unpaired) electrons. The molecule has 0 N–H and O–H groups in total. The number of rotatable bonds is 4. The molecule has 0 fully saturated rings. The molecule has 0 saturated heterocycles. The first-order chi connectivity index (χ1) is 5.62. The highest BCUT2D eigenvalue weighted by Crippen LogP contribution is 2.22. The van der Waals surface area contributed by atoms with Gasteiger partial charge in [0.2, 0.25) is 0 Å². The third kappa shape index (κ3) is 2.10. The second-order valence-corrected chi connectivity index (χ2v) is 10.9. The van der Waals surface area contributed by atoms with Crippen LogP contribution in [0, 0.1) is 0 Å². The Bertz CT molecular complexity index is 329. The third-order valence-electron chi connectivity index (χ3n) is 1.64. The summed E-state index contributed by atoms with van der Waals surface area (Å²) in [5.74, 6) is 0. The zero-order valence-corrected chi connectivity index (χ0v) is 11.4. The summed E-state index contributed by atoms with van der Waals surface area (Å²) in [7, 11) is -6.55. The van der Waals surface area contributed by atoms with Gasteiger partial charge in [0.25, 0.3) is 20.2 Å². The van der Waals surface area contributed by atoms with Gasteiger partial charge in [0.15, 0.2) is 3.70 Å². The van der Waals surface area contributed by atoms with Crippen molar-refractivity contribution in [1.29, 1.82) is 0 Å². The van der Waals surface area contributed by atoms with Crippen LogP contribution in [-0.4, -0.2) is 45.0 Å². The van der Waals surface area contributed by atoms with Crippen molar-refractivity contribution in [3.05, 3.63) is 0 Å². The highest BCUT2D eigenvalue weighted by Gasteiger charge is 2.47. The monoisotopic (exact) mass is 248 g/mol. The van der Waals surface area contributed by atoms with Gasteiger partial charge in [-0.05, 0) is 6.92 Å². The Hall–Kier alpha value is 0.0369. The van der Waals surface area contributed by atoms with E-state index in [9.17, 15) is 16.8 Å². The summed E-state index contributed by atoms with van der Waals surface area (Å²) < 4.78 is 51.0. The maximum atomic E-state index is 11.2. The summed E-state index contributed by atoms with van der Waals surface area (Å²) in [6.07, 6.45) is 0. The molecule has 0 bridgehead atoms. The van der Waals surface area contributed by atoms with Gasteiger partial charge in [0.1, 0.15) is 0 Å². The summed E-state index contributed by atoms with van der Waals surface area (Å²) in [5.41, 5.74) is 0. The van der Waals surface area contributed by atoms with E-state index in [0.717, 1.165) is 21.1 Å².